The molecule has 1 aliphatic rings. The molecule has 0 aromatic rings. The lowest BCUT2D eigenvalue weighted by atomic mass is 10.3. The Morgan fingerprint density at radius 1 is 1.80 bits per heavy atom. The second-order valence-electron chi connectivity index (χ2n) is 1.59. The van der Waals surface area contributed by atoms with Crippen molar-refractivity contribution in [1.82, 2.24) is 4.41 Å². The van der Waals surface area contributed by atoms with Crippen molar-refractivity contribution in [1.29, 1.82) is 5.26 Å². The number of hydrazone groups is 1. The highest BCUT2D eigenvalue weighted by Crippen LogP contribution is 2.23. The smallest absolute Gasteiger partial charge is 0.165 e. The first-order chi connectivity index (χ1) is 4.88. The van der Waals surface area contributed by atoms with Crippen molar-refractivity contribution in [3.63, 3.8) is 0 Å². The quantitative estimate of drug-likeness (QED) is 0.535. The minimum absolute atomic E-state index is 0.216. The highest BCUT2D eigenvalue weighted by Gasteiger charge is 2.13. The summed E-state index contributed by atoms with van der Waals surface area (Å²) in [6.07, 6.45) is 5.25. The Kier molecular flexibility index (Phi) is 3.02. The normalized spacial score (nSPS) is 22.8. The van der Waals surface area contributed by atoms with E-state index in [1.807, 2.05) is 0 Å². The minimum Gasteiger partial charge on any atom is -0.207 e. The number of nitrogens with zero attached hydrogens (tertiary/aromatic N) is 3. The third-order valence-electron chi connectivity index (χ3n) is 1.00. The second-order valence-corrected chi connectivity index (χ2v) is 3.29. The van der Waals surface area contributed by atoms with Crippen LogP contribution in [-0.4, -0.2) is 16.7 Å². The van der Waals surface area contributed by atoms with Crippen LogP contribution < -0.4 is 0 Å². The fraction of sp³-hybridized carbons (Fsp3) is 0.200. The molecule has 0 N–H and O–H groups in total. The number of rotatable bonds is 1. The predicted octanol–water partition coefficient (Wildman–Crippen LogP) is 1.73. The Morgan fingerprint density at radius 2 is 2.60 bits per heavy atom. The Balaban J connectivity index is 2.66. The summed E-state index contributed by atoms with van der Waals surface area (Å²) < 4.78 is 1.64. The fourth-order valence-electron chi connectivity index (χ4n) is 0.558. The van der Waals surface area contributed by atoms with Gasteiger partial charge in [-0.1, -0.05) is 0 Å². The molecule has 3 nitrogen and oxygen atoms in total. The van der Waals surface area contributed by atoms with E-state index in [2.05, 4.69) is 32.4 Å². The van der Waals surface area contributed by atoms with Crippen LogP contribution >= 0.6 is 30.3 Å². The van der Waals surface area contributed by atoms with Crippen LogP contribution in [0.25, 0.3) is 0 Å². The number of hydrogen-bond donors (Lipinski definition) is 0. The summed E-state index contributed by atoms with van der Waals surface area (Å²) in [7, 11) is 1.41. The van der Waals surface area contributed by atoms with Crippen LogP contribution in [0.2, 0.25) is 0 Å². The van der Waals surface area contributed by atoms with Gasteiger partial charge in [-0.3, -0.25) is 0 Å². The van der Waals surface area contributed by atoms with E-state index in [-0.39, 0.29) is 6.04 Å². The van der Waals surface area contributed by atoms with Crippen molar-refractivity contribution in [3.8, 4) is 6.07 Å². The maximum atomic E-state index is 8.56. The summed E-state index contributed by atoms with van der Waals surface area (Å²) in [5, 5.41) is 12.5. The lowest BCUT2D eigenvalue weighted by Gasteiger charge is -2.18. The Morgan fingerprint density at radius 3 is 3.10 bits per heavy atom. The molecule has 52 valence electrons. The van der Waals surface area contributed by atoms with Crippen LogP contribution in [-0.2, 0) is 0 Å². The topological polar surface area (TPSA) is 39.4 Å². The van der Waals surface area contributed by atoms with Crippen LogP contribution in [0.5, 0.6) is 0 Å². The van der Waals surface area contributed by atoms with Crippen LogP contribution in [0, 0.1) is 11.3 Å². The van der Waals surface area contributed by atoms with E-state index >= 15 is 0 Å². The molecule has 1 atom stereocenters. The van der Waals surface area contributed by atoms with Gasteiger partial charge in [-0.2, -0.15) is 10.4 Å². The van der Waals surface area contributed by atoms with Crippen LogP contribution in [0.4, 0.5) is 0 Å². The third kappa shape index (κ3) is 1.64. The van der Waals surface area contributed by atoms with Gasteiger partial charge in [0, 0.05) is 36.5 Å². The van der Waals surface area contributed by atoms with Crippen LogP contribution in [0.3, 0.4) is 0 Å². The molecule has 0 bridgehead atoms. The first-order valence-corrected chi connectivity index (χ1v) is 5.88. The van der Waals surface area contributed by atoms with E-state index in [9.17, 15) is 0 Å². The van der Waals surface area contributed by atoms with Crippen molar-refractivity contribution in [2.45, 2.75) is 6.04 Å². The summed E-state index contributed by atoms with van der Waals surface area (Å²) in [6, 6.07) is 1.89. The van der Waals surface area contributed by atoms with Gasteiger partial charge in [-0.25, -0.2) is 4.41 Å². The van der Waals surface area contributed by atoms with E-state index in [1.54, 1.807) is 22.8 Å². The van der Waals surface area contributed by atoms with E-state index < -0.39 is 0 Å². The zero-order chi connectivity index (χ0) is 7.40. The van der Waals surface area contributed by atoms with Crippen molar-refractivity contribution >= 4 is 36.5 Å². The van der Waals surface area contributed by atoms with Gasteiger partial charge in [-0.05, 0) is 12.2 Å². The summed E-state index contributed by atoms with van der Waals surface area (Å²) >= 11 is 2.09. The standard InChI is InChI=1S/C5H4IN3S/c6-10-9-5(4-7)2-1-3-8-9/h1-3,5H. The van der Waals surface area contributed by atoms with Crippen molar-refractivity contribution in [2.24, 2.45) is 5.10 Å². The number of hydrogen-bond acceptors (Lipinski definition) is 4. The molecule has 0 radical (unpaired) electrons. The average Bonchev–Trinajstić information content (AvgIpc) is 2.04. The summed E-state index contributed by atoms with van der Waals surface area (Å²) in [5.41, 5.74) is 0. The van der Waals surface area contributed by atoms with Gasteiger partial charge >= 0.3 is 0 Å². The predicted molar refractivity (Wildman–Crippen MR) is 50.5 cm³/mol. The first kappa shape index (κ1) is 7.88. The number of nitriles is 1. The second kappa shape index (κ2) is 3.83. The van der Waals surface area contributed by atoms with Gasteiger partial charge in [0.15, 0.2) is 6.04 Å². The molecule has 0 saturated heterocycles. The maximum absolute atomic E-state index is 8.56. The Hall–Kier alpha value is -0.220. The summed E-state index contributed by atoms with van der Waals surface area (Å²) in [5.74, 6) is 0. The number of allylic oxidation sites excluding steroid dienone is 1. The molecule has 0 amide bonds. The zero-order valence-corrected chi connectivity index (χ0v) is 7.91. The van der Waals surface area contributed by atoms with E-state index in [0.29, 0.717) is 0 Å². The Bertz CT molecular complexity index is 207. The molecule has 1 aliphatic heterocycles. The highest BCUT2D eigenvalue weighted by atomic mass is 127. The van der Waals surface area contributed by atoms with Gasteiger partial charge in [0.05, 0.1) is 6.07 Å². The Labute approximate surface area is 75.5 Å². The molecule has 0 aliphatic carbocycles. The van der Waals surface area contributed by atoms with Crippen LogP contribution in [0.1, 0.15) is 0 Å². The van der Waals surface area contributed by atoms with Gasteiger partial charge in [0.25, 0.3) is 0 Å². The molecular weight excluding hydrogens is 261 g/mol. The SMILES string of the molecule is N#CC1C=CC=NN1SI. The largest absolute Gasteiger partial charge is 0.207 e. The van der Waals surface area contributed by atoms with Crippen molar-refractivity contribution in [2.75, 3.05) is 0 Å². The molecule has 0 spiro atoms. The van der Waals surface area contributed by atoms with Gasteiger partial charge in [0.2, 0.25) is 0 Å². The van der Waals surface area contributed by atoms with Gasteiger partial charge < -0.3 is 0 Å². The third-order valence-corrected chi connectivity index (χ3v) is 2.67. The molecule has 0 aromatic carbocycles. The van der Waals surface area contributed by atoms with E-state index in [1.165, 1.54) is 9.12 Å². The molecule has 0 fully saturated rings. The molecule has 0 saturated carbocycles. The molecule has 5 heteroatoms. The van der Waals surface area contributed by atoms with Crippen LogP contribution in [0.15, 0.2) is 17.3 Å². The highest BCUT2D eigenvalue weighted by molar-refractivity contribution is 14.2. The molecule has 1 unspecified atom stereocenters. The molecule has 1 heterocycles. The fourth-order valence-corrected chi connectivity index (χ4v) is 1.89. The molecule has 1 rings (SSSR count). The first-order valence-electron chi connectivity index (χ1n) is 2.57. The monoisotopic (exact) mass is 265 g/mol. The maximum Gasteiger partial charge on any atom is 0.165 e. The van der Waals surface area contributed by atoms with E-state index in [4.69, 9.17) is 5.26 Å². The summed E-state index contributed by atoms with van der Waals surface area (Å²) in [6.45, 7) is 0. The van der Waals surface area contributed by atoms with E-state index in [0.717, 1.165) is 0 Å². The van der Waals surface area contributed by atoms with Crippen molar-refractivity contribution < 1.29 is 0 Å². The lowest BCUT2D eigenvalue weighted by Crippen LogP contribution is -2.21. The average molecular weight is 265 g/mol. The van der Waals surface area contributed by atoms with Gasteiger partial charge in [0.1, 0.15) is 0 Å². The molecule has 10 heavy (non-hydrogen) atoms. The van der Waals surface area contributed by atoms with Gasteiger partial charge in [-0.15, -0.1) is 0 Å². The molecule has 0 aromatic heterocycles. The zero-order valence-electron chi connectivity index (χ0n) is 4.94. The number of halogens is 1. The minimum atomic E-state index is -0.216. The lowest BCUT2D eigenvalue weighted by molar-refractivity contribution is 0.496. The summed E-state index contributed by atoms with van der Waals surface area (Å²) in [4.78, 5) is 0. The van der Waals surface area contributed by atoms with Crippen molar-refractivity contribution in [3.05, 3.63) is 12.2 Å². The molecular formula is C5H4IN3S.